The Morgan fingerprint density at radius 2 is 1.37 bits per heavy atom. The van der Waals surface area contributed by atoms with Crippen molar-refractivity contribution in [3.8, 4) is 56.6 Å². The maximum Gasteiger partial charge on any atom is 0.262 e. The third-order valence-corrected chi connectivity index (χ3v) is 5.99. The SMILES string of the molecule is COc1ccc(-c2cc(-c3ccc4c(c3)NC(=O)CO4)nc(-c3ccc4c(c3)OCCO4)c2)cc1. The number of amides is 1. The van der Waals surface area contributed by atoms with Gasteiger partial charge in [0.1, 0.15) is 24.7 Å². The van der Waals surface area contributed by atoms with Crippen LogP contribution in [0.3, 0.4) is 0 Å². The average Bonchev–Trinajstić information content (AvgIpc) is 2.92. The second-order valence-electron chi connectivity index (χ2n) is 8.26. The first-order valence-electron chi connectivity index (χ1n) is 11.3. The predicted octanol–water partition coefficient (Wildman–Crippen LogP) is 5.19. The summed E-state index contributed by atoms with van der Waals surface area (Å²) >= 11 is 0. The summed E-state index contributed by atoms with van der Waals surface area (Å²) in [5.41, 5.74) is 6.01. The van der Waals surface area contributed by atoms with E-state index in [1.165, 1.54) is 0 Å². The number of pyridine rings is 1. The van der Waals surface area contributed by atoms with Crippen LogP contribution in [0.15, 0.2) is 72.8 Å². The number of anilines is 1. The lowest BCUT2D eigenvalue weighted by molar-refractivity contribution is -0.118. The van der Waals surface area contributed by atoms with E-state index in [4.69, 9.17) is 23.9 Å². The third-order valence-electron chi connectivity index (χ3n) is 5.99. The van der Waals surface area contributed by atoms with Gasteiger partial charge in [0.2, 0.25) is 0 Å². The van der Waals surface area contributed by atoms with Crippen LogP contribution in [0.1, 0.15) is 0 Å². The van der Waals surface area contributed by atoms with E-state index in [-0.39, 0.29) is 12.5 Å². The molecule has 174 valence electrons. The number of fused-ring (bicyclic) bond motifs is 2. The second kappa shape index (κ2) is 8.68. The van der Waals surface area contributed by atoms with Crippen molar-refractivity contribution in [3.63, 3.8) is 0 Å². The summed E-state index contributed by atoms with van der Waals surface area (Å²) in [5.74, 6) is 2.70. The van der Waals surface area contributed by atoms with Gasteiger partial charge < -0.3 is 24.3 Å². The molecule has 0 unspecified atom stereocenters. The highest BCUT2D eigenvalue weighted by Gasteiger charge is 2.18. The number of nitrogens with zero attached hydrogens (tertiary/aromatic N) is 1. The van der Waals surface area contributed by atoms with Crippen molar-refractivity contribution >= 4 is 11.6 Å². The lowest BCUT2D eigenvalue weighted by Gasteiger charge is -2.20. The molecule has 2 aliphatic heterocycles. The minimum absolute atomic E-state index is 0.0197. The van der Waals surface area contributed by atoms with Crippen LogP contribution in [0, 0.1) is 0 Å². The molecular formula is C28H22N2O5. The molecule has 0 atom stereocenters. The first-order chi connectivity index (χ1) is 17.2. The Labute approximate surface area is 202 Å². The van der Waals surface area contributed by atoms with Gasteiger partial charge in [-0.1, -0.05) is 12.1 Å². The molecule has 35 heavy (non-hydrogen) atoms. The number of ether oxygens (including phenoxy) is 4. The largest absolute Gasteiger partial charge is 0.497 e. The van der Waals surface area contributed by atoms with E-state index in [1.54, 1.807) is 7.11 Å². The van der Waals surface area contributed by atoms with Gasteiger partial charge in [-0.2, -0.15) is 0 Å². The van der Waals surface area contributed by atoms with Gasteiger partial charge in [-0.15, -0.1) is 0 Å². The van der Waals surface area contributed by atoms with Gasteiger partial charge in [0.15, 0.2) is 18.1 Å². The molecule has 1 aromatic heterocycles. The van der Waals surface area contributed by atoms with Crippen molar-refractivity contribution in [2.45, 2.75) is 0 Å². The summed E-state index contributed by atoms with van der Waals surface area (Å²) in [5, 5.41) is 2.87. The highest BCUT2D eigenvalue weighted by atomic mass is 16.6. The molecule has 7 nitrogen and oxygen atoms in total. The Morgan fingerprint density at radius 1 is 0.714 bits per heavy atom. The molecule has 0 radical (unpaired) electrons. The van der Waals surface area contributed by atoms with E-state index in [1.807, 2.05) is 66.7 Å². The summed E-state index contributed by atoms with van der Waals surface area (Å²) in [6.07, 6.45) is 0. The van der Waals surface area contributed by atoms with E-state index in [0.717, 1.165) is 45.1 Å². The zero-order valence-corrected chi connectivity index (χ0v) is 19.0. The molecule has 0 fully saturated rings. The molecule has 7 heteroatoms. The summed E-state index contributed by atoms with van der Waals surface area (Å²) in [7, 11) is 1.65. The fraction of sp³-hybridized carbons (Fsp3) is 0.143. The van der Waals surface area contributed by atoms with Crippen molar-refractivity contribution in [2.75, 3.05) is 32.2 Å². The lowest BCUT2D eigenvalue weighted by Crippen LogP contribution is -2.25. The van der Waals surface area contributed by atoms with Crippen molar-refractivity contribution < 1.29 is 23.7 Å². The quantitative estimate of drug-likeness (QED) is 0.446. The van der Waals surface area contributed by atoms with Gasteiger partial charge in [0.05, 0.1) is 24.2 Å². The number of hydrogen-bond donors (Lipinski definition) is 1. The van der Waals surface area contributed by atoms with Gasteiger partial charge in [0.25, 0.3) is 5.91 Å². The smallest absolute Gasteiger partial charge is 0.262 e. The molecule has 3 aromatic carbocycles. The fourth-order valence-electron chi connectivity index (χ4n) is 4.22. The number of carbonyl (C=O) groups is 1. The Hall–Kier alpha value is -4.52. The third kappa shape index (κ3) is 4.12. The van der Waals surface area contributed by atoms with E-state index in [2.05, 4.69) is 11.4 Å². The first-order valence-corrected chi connectivity index (χ1v) is 11.3. The van der Waals surface area contributed by atoms with Gasteiger partial charge in [-0.05, 0) is 71.8 Å². The normalized spacial score (nSPS) is 13.9. The summed E-state index contributed by atoms with van der Waals surface area (Å²) < 4.78 is 22.3. The number of carbonyl (C=O) groups excluding carboxylic acids is 1. The molecule has 4 aromatic rings. The molecule has 0 bridgehead atoms. The van der Waals surface area contributed by atoms with E-state index < -0.39 is 0 Å². The van der Waals surface area contributed by atoms with Gasteiger partial charge >= 0.3 is 0 Å². The lowest BCUT2D eigenvalue weighted by atomic mass is 9.99. The van der Waals surface area contributed by atoms with E-state index >= 15 is 0 Å². The zero-order valence-electron chi connectivity index (χ0n) is 19.0. The van der Waals surface area contributed by atoms with Crippen molar-refractivity contribution in [1.29, 1.82) is 0 Å². The minimum Gasteiger partial charge on any atom is -0.497 e. The standard InChI is InChI=1S/C28H22N2O5/c1-32-21-6-2-17(3-7-21)20-13-22(18-4-8-25-24(12-18)30-28(31)16-35-25)29-23(14-20)19-5-9-26-27(15-19)34-11-10-33-26/h2-9,12-15H,10-11,16H2,1H3,(H,30,31). The molecule has 0 aliphatic carbocycles. The van der Waals surface area contributed by atoms with Crippen LogP contribution in [0.5, 0.6) is 23.0 Å². The topological polar surface area (TPSA) is 78.9 Å². The summed E-state index contributed by atoms with van der Waals surface area (Å²) in [6, 6.07) is 23.6. The number of rotatable bonds is 4. The Kier molecular flexibility index (Phi) is 5.22. The van der Waals surface area contributed by atoms with E-state index in [0.29, 0.717) is 30.4 Å². The number of methoxy groups -OCH3 is 1. The minimum atomic E-state index is -0.174. The van der Waals surface area contributed by atoms with Crippen LogP contribution in [0.4, 0.5) is 5.69 Å². The zero-order chi connectivity index (χ0) is 23.8. The van der Waals surface area contributed by atoms with Crippen molar-refractivity contribution in [1.82, 2.24) is 4.98 Å². The van der Waals surface area contributed by atoms with Crippen molar-refractivity contribution in [2.24, 2.45) is 0 Å². The summed E-state index contributed by atoms with van der Waals surface area (Å²) in [4.78, 5) is 16.8. The van der Waals surface area contributed by atoms with Crippen LogP contribution in [-0.4, -0.2) is 37.8 Å². The molecule has 1 N–H and O–H groups in total. The molecule has 6 rings (SSSR count). The predicted molar refractivity (Wildman–Crippen MR) is 132 cm³/mol. The molecule has 0 saturated heterocycles. The van der Waals surface area contributed by atoms with Gasteiger partial charge in [-0.3, -0.25) is 4.79 Å². The first kappa shape index (κ1) is 21.0. The number of hydrogen-bond acceptors (Lipinski definition) is 6. The molecular weight excluding hydrogens is 444 g/mol. The van der Waals surface area contributed by atoms with Crippen LogP contribution in [-0.2, 0) is 4.79 Å². The number of benzene rings is 3. The molecule has 1 amide bonds. The molecule has 0 saturated carbocycles. The van der Waals surface area contributed by atoms with Crippen LogP contribution in [0.2, 0.25) is 0 Å². The highest BCUT2D eigenvalue weighted by molar-refractivity contribution is 5.96. The van der Waals surface area contributed by atoms with Crippen LogP contribution >= 0.6 is 0 Å². The highest BCUT2D eigenvalue weighted by Crippen LogP contribution is 2.38. The van der Waals surface area contributed by atoms with Gasteiger partial charge in [-0.25, -0.2) is 4.98 Å². The maximum absolute atomic E-state index is 11.8. The Bertz CT molecular complexity index is 1430. The van der Waals surface area contributed by atoms with Crippen molar-refractivity contribution in [3.05, 3.63) is 72.8 Å². The maximum atomic E-state index is 11.8. The van der Waals surface area contributed by atoms with E-state index in [9.17, 15) is 4.79 Å². The van der Waals surface area contributed by atoms with Crippen LogP contribution < -0.4 is 24.3 Å². The van der Waals surface area contributed by atoms with Crippen LogP contribution in [0.25, 0.3) is 33.6 Å². The second-order valence-corrected chi connectivity index (χ2v) is 8.26. The monoisotopic (exact) mass is 466 g/mol. The fourth-order valence-corrected chi connectivity index (χ4v) is 4.22. The Morgan fingerprint density at radius 3 is 2.11 bits per heavy atom. The molecule has 3 heterocycles. The average molecular weight is 466 g/mol. The summed E-state index contributed by atoms with van der Waals surface area (Å²) in [6.45, 7) is 1.08. The Balaban J connectivity index is 1.48. The van der Waals surface area contributed by atoms with Gasteiger partial charge in [0, 0.05) is 11.1 Å². The number of aromatic nitrogens is 1. The molecule has 2 aliphatic rings. The number of nitrogens with one attached hydrogen (secondary N) is 1. The molecule has 0 spiro atoms.